The molecule has 24 heavy (non-hydrogen) atoms. The average Bonchev–Trinajstić information content (AvgIpc) is 3.04. The van der Waals surface area contributed by atoms with Crippen LogP contribution in [0.15, 0.2) is 34.7 Å². The van der Waals surface area contributed by atoms with Crippen molar-refractivity contribution in [3.63, 3.8) is 0 Å². The van der Waals surface area contributed by atoms with E-state index in [-0.39, 0.29) is 11.6 Å². The van der Waals surface area contributed by atoms with Crippen LogP contribution < -0.4 is 4.90 Å². The first-order chi connectivity index (χ1) is 11.6. The average molecular weight is 346 g/mol. The molecule has 0 radical (unpaired) electrons. The second-order valence-corrected chi connectivity index (χ2v) is 6.46. The summed E-state index contributed by atoms with van der Waals surface area (Å²) in [4.78, 5) is 17.7. The van der Waals surface area contributed by atoms with Crippen molar-refractivity contribution < 1.29 is 9.18 Å². The van der Waals surface area contributed by atoms with Crippen LogP contribution >= 0.6 is 11.3 Å². The number of amides is 1. The molecule has 7 heteroatoms. The van der Waals surface area contributed by atoms with Gasteiger partial charge in [0.25, 0.3) is 0 Å². The van der Waals surface area contributed by atoms with Crippen molar-refractivity contribution in [2.24, 2.45) is 5.10 Å². The summed E-state index contributed by atoms with van der Waals surface area (Å²) >= 11 is 1.29. The van der Waals surface area contributed by atoms with E-state index < -0.39 is 5.82 Å². The Bertz CT molecular complexity index is 740. The van der Waals surface area contributed by atoms with Crippen molar-refractivity contribution in [1.29, 1.82) is 0 Å². The van der Waals surface area contributed by atoms with Gasteiger partial charge >= 0.3 is 0 Å². The van der Waals surface area contributed by atoms with E-state index in [9.17, 15) is 9.18 Å². The molecule has 0 aliphatic carbocycles. The molecule has 2 aromatic rings. The molecule has 5 nitrogen and oxygen atoms in total. The summed E-state index contributed by atoms with van der Waals surface area (Å²) in [6.07, 6.45) is 5.27. The van der Waals surface area contributed by atoms with Crippen LogP contribution in [0.3, 0.4) is 0 Å². The molecule has 1 fully saturated rings. The number of hydrogen-bond donors (Lipinski definition) is 0. The second kappa shape index (κ2) is 7.53. The molecule has 126 valence electrons. The van der Waals surface area contributed by atoms with Crippen LogP contribution in [0.5, 0.6) is 0 Å². The number of thiazole rings is 1. The number of hydrogen-bond acceptors (Lipinski definition) is 5. The minimum atomic E-state index is -0.452. The number of aromatic nitrogens is 1. The molecule has 1 saturated heterocycles. The topological polar surface area (TPSA) is 48.8 Å². The first-order valence-corrected chi connectivity index (χ1v) is 8.83. The first-order valence-electron chi connectivity index (χ1n) is 7.95. The molecule has 0 spiro atoms. The van der Waals surface area contributed by atoms with E-state index in [1.165, 1.54) is 35.6 Å². The third kappa shape index (κ3) is 3.79. The van der Waals surface area contributed by atoms with E-state index >= 15 is 0 Å². The summed E-state index contributed by atoms with van der Waals surface area (Å²) in [6.45, 7) is 3.32. The van der Waals surface area contributed by atoms with Crippen LogP contribution in [0.4, 0.5) is 15.2 Å². The summed E-state index contributed by atoms with van der Waals surface area (Å²) in [6, 6.07) is 6.19. The molecule has 0 saturated carbocycles. The van der Waals surface area contributed by atoms with Gasteiger partial charge in [-0.15, -0.1) is 11.3 Å². The zero-order chi connectivity index (χ0) is 16.9. The fourth-order valence-electron chi connectivity index (χ4n) is 2.61. The van der Waals surface area contributed by atoms with Crippen LogP contribution in [0.2, 0.25) is 0 Å². The number of hydrazone groups is 1. The van der Waals surface area contributed by atoms with Crippen molar-refractivity contribution in [3.8, 4) is 0 Å². The van der Waals surface area contributed by atoms with Crippen molar-refractivity contribution in [2.45, 2.75) is 26.2 Å². The zero-order valence-electron chi connectivity index (χ0n) is 13.5. The minimum Gasteiger partial charge on any atom is -0.297 e. The summed E-state index contributed by atoms with van der Waals surface area (Å²) < 4.78 is 14.0. The highest BCUT2D eigenvalue weighted by Crippen LogP contribution is 2.30. The van der Waals surface area contributed by atoms with Gasteiger partial charge in [0, 0.05) is 25.4 Å². The summed E-state index contributed by atoms with van der Waals surface area (Å²) in [7, 11) is 0. The summed E-state index contributed by atoms with van der Waals surface area (Å²) in [5.41, 5.74) is 0.877. The smallest absolute Gasteiger partial charge is 0.230 e. The number of carbonyl (C=O) groups is 1. The maximum Gasteiger partial charge on any atom is 0.230 e. The Morgan fingerprint density at radius 1 is 1.33 bits per heavy atom. The van der Waals surface area contributed by atoms with Crippen molar-refractivity contribution in [3.05, 3.63) is 41.2 Å². The highest BCUT2D eigenvalue weighted by Gasteiger charge is 2.20. The Balaban J connectivity index is 1.80. The maximum atomic E-state index is 14.0. The van der Waals surface area contributed by atoms with E-state index in [1.54, 1.807) is 24.4 Å². The zero-order valence-corrected chi connectivity index (χ0v) is 14.3. The van der Waals surface area contributed by atoms with Crippen molar-refractivity contribution >= 4 is 34.3 Å². The van der Waals surface area contributed by atoms with E-state index in [4.69, 9.17) is 0 Å². The molecule has 2 heterocycles. The number of nitrogens with zero attached hydrogens (tertiary/aromatic N) is 4. The number of anilines is 2. The molecular formula is C17H19FN4OS. The number of para-hydroxylation sites is 1. The molecule has 3 rings (SSSR count). The van der Waals surface area contributed by atoms with E-state index in [0.717, 1.165) is 25.9 Å². The molecule has 0 atom stereocenters. The van der Waals surface area contributed by atoms with Gasteiger partial charge in [0.15, 0.2) is 5.13 Å². The SMILES string of the molecule is CC(=O)N(c1nc(/C=N\N2CCCCC2)cs1)c1ccccc1F. The van der Waals surface area contributed by atoms with Crippen LogP contribution in [0.1, 0.15) is 31.9 Å². The minimum absolute atomic E-state index is 0.207. The molecular weight excluding hydrogens is 327 g/mol. The Hall–Kier alpha value is -2.28. The summed E-state index contributed by atoms with van der Waals surface area (Å²) in [5, 5.41) is 8.72. The van der Waals surface area contributed by atoms with Crippen LogP contribution in [-0.4, -0.2) is 35.2 Å². The van der Waals surface area contributed by atoms with E-state index in [0.29, 0.717) is 10.8 Å². The van der Waals surface area contributed by atoms with Gasteiger partial charge in [0.05, 0.1) is 17.6 Å². The van der Waals surface area contributed by atoms with Gasteiger partial charge in [0.1, 0.15) is 5.82 Å². The fourth-order valence-corrected chi connectivity index (χ4v) is 3.44. The lowest BCUT2D eigenvalue weighted by Gasteiger charge is -2.23. The molecule has 1 aliphatic rings. The number of carbonyl (C=O) groups excluding carboxylic acids is 1. The van der Waals surface area contributed by atoms with E-state index in [2.05, 4.69) is 10.1 Å². The van der Waals surface area contributed by atoms with Crippen LogP contribution in [0, 0.1) is 5.82 Å². The van der Waals surface area contributed by atoms with Crippen LogP contribution in [-0.2, 0) is 4.79 Å². The highest BCUT2D eigenvalue weighted by atomic mass is 32.1. The third-order valence-corrected chi connectivity index (χ3v) is 4.64. The number of halogens is 1. The third-order valence-electron chi connectivity index (χ3n) is 3.80. The fraction of sp³-hybridized carbons (Fsp3) is 0.353. The molecule has 1 aromatic heterocycles. The maximum absolute atomic E-state index is 14.0. The standard InChI is InChI=1S/C17H19FN4OS/c1-13(23)22(16-8-4-3-7-15(16)18)17-20-14(12-24-17)11-19-21-9-5-2-6-10-21/h3-4,7-8,11-12H,2,5-6,9-10H2,1H3/b19-11-. The lowest BCUT2D eigenvalue weighted by molar-refractivity contribution is -0.115. The van der Waals surface area contributed by atoms with Gasteiger partial charge < -0.3 is 0 Å². The number of rotatable bonds is 4. The molecule has 0 unspecified atom stereocenters. The molecule has 1 amide bonds. The molecule has 0 bridgehead atoms. The number of piperidine rings is 1. The van der Waals surface area contributed by atoms with Gasteiger partial charge in [-0.05, 0) is 31.4 Å². The predicted molar refractivity (Wildman–Crippen MR) is 94.4 cm³/mol. The van der Waals surface area contributed by atoms with Gasteiger partial charge in [-0.25, -0.2) is 9.37 Å². The highest BCUT2D eigenvalue weighted by molar-refractivity contribution is 7.14. The van der Waals surface area contributed by atoms with Crippen molar-refractivity contribution in [2.75, 3.05) is 18.0 Å². The van der Waals surface area contributed by atoms with Crippen molar-refractivity contribution in [1.82, 2.24) is 9.99 Å². The van der Waals surface area contributed by atoms with Crippen LogP contribution in [0.25, 0.3) is 0 Å². The lowest BCUT2D eigenvalue weighted by Crippen LogP contribution is -2.24. The lowest BCUT2D eigenvalue weighted by atomic mass is 10.2. The van der Waals surface area contributed by atoms with Gasteiger partial charge in [-0.1, -0.05) is 12.1 Å². The largest absolute Gasteiger partial charge is 0.297 e. The first kappa shape index (κ1) is 16.6. The Morgan fingerprint density at radius 2 is 2.08 bits per heavy atom. The molecule has 1 aromatic carbocycles. The quantitative estimate of drug-likeness (QED) is 0.792. The molecule has 0 N–H and O–H groups in total. The normalized spacial score (nSPS) is 15.0. The monoisotopic (exact) mass is 346 g/mol. The summed E-state index contributed by atoms with van der Waals surface area (Å²) in [5.74, 6) is -0.736. The van der Waals surface area contributed by atoms with Gasteiger partial charge in [0.2, 0.25) is 5.91 Å². The van der Waals surface area contributed by atoms with E-state index in [1.807, 2.05) is 10.4 Å². The van der Waals surface area contributed by atoms with Gasteiger partial charge in [-0.3, -0.25) is 14.7 Å². The van der Waals surface area contributed by atoms with Gasteiger partial charge in [-0.2, -0.15) is 5.10 Å². The predicted octanol–water partition coefficient (Wildman–Crippen LogP) is 3.79. The molecule has 1 aliphatic heterocycles. The second-order valence-electron chi connectivity index (χ2n) is 5.62. The Morgan fingerprint density at radius 3 is 2.79 bits per heavy atom. The number of benzene rings is 1. The Labute approximate surface area is 144 Å². The Kier molecular flexibility index (Phi) is 5.20.